The molecule has 8 fully saturated rings. The lowest BCUT2D eigenvalue weighted by Crippen LogP contribution is -2.74. The number of aliphatic carboxylic acids is 1. The maximum Gasteiger partial charge on any atom is 0.335 e. The van der Waals surface area contributed by atoms with Crippen LogP contribution in [0.15, 0.2) is 11.6 Å². The van der Waals surface area contributed by atoms with Crippen LogP contribution < -0.4 is 0 Å². The number of carbonyl (C=O) groups is 1. The zero-order chi connectivity index (χ0) is 58.2. The lowest BCUT2D eigenvalue weighted by atomic mass is 9.32. The Labute approximate surface area is 458 Å². The third-order valence-electron chi connectivity index (χ3n) is 21.6. The second-order valence-electron chi connectivity index (χ2n) is 26.6. The molecule has 454 valence electrons. The molecule has 16 N–H and O–H groups in total. The van der Waals surface area contributed by atoms with Gasteiger partial charge in [0, 0.05) is 5.41 Å². The highest BCUT2D eigenvalue weighted by Gasteiger charge is 2.74. The van der Waals surface area contributed by atoms with E-state index in [0.29, 0.717) is 44.9 Å². The number of hydrogen-bond donors (Lipinski definition) is 16. The van der Waals surface area contributed by atoms with Crippen molar-refractivity contribution in [1.82, 2.24) is 0 Å². The summed E-state index contributed by atoms with van der Waals surface area (Å²) in [5.41, 5.74) is -3.54. The van der Waals surface area contributed by atoms with E-state index in [1.165, 1.54) is 6.92 Å². The molecule has 0 amide bonds. The van der Waals surface area contributed by atoms with Gasteiger partial charge in [0.2, 0.25) is 0 Å². The predicted octanol–water partition coefficient (Wildman–Crippen LogP) is -3.53. The molecule has 0 bridgehead atoms. The van der Waals surface area contributed by atoms with Gasteiger partial charge in [0.15, 0.2) is 31.3 Å². The van der Waals surface area contributed by atoms with E-state index in [4.69, 9.17) is 37.9 Å². The molecule has 0 spiro atoms. The summed E-state index contributed by atoms with van der Waals surface area (Å²) in [4.78, 5) is 13.4. The van der Waals surface area contributed by atoms with Crippen molar-refractivity contribution < 1.29 is 124 Å². The van der Waals surface area contributed by atoms with E-state index >= 15 is 0 Å². The van der Waals surface area contributed by atoms with Gasteiger partial charge in [0.1, 0.15) is 85.5 Å². The van der Waals surface area contributed by atoms with Crippen LogP contribution in [0.2, 0.25) is 0 Å². The molecule has 4 aliphatic heterocycles. The minimum absolute atomic E-state index is 0.0741. The van der Waals surface area contributed by atoms with Crippen LogP contribution in [0.3, 0.4) is 0 Å². The number of carboxylic acids is 1. The lowest BCUT2D eigenvalue weighted by Gasteiger charge is -2.73. The van der Waals surface area contributed by atoms with Crippen LogP contribution in [-0.4, -0.2) is 255 Å². The third-order valence-corrected chi connectivity index (χ3v) is 21.6. The Morgan fingerprint density at radius 3 is 1.72 bits per heavy atom. The molecule has 31 atom stereocenters. The lowest BCUT2D eigenvalue weighted by molar-refractivity contribution is -0.401. The minimum Gasteiger partial charge on any atom is -0.479 e. The monoisotopic (exact) mass is 1140 g/mol. The molecule has 9 aliphatic rings. The highest BCUT2D eigenvalue weighted by molar-refractivity contribution is 5.73. The molecule has 0 aromatic heterocycles. The molecule has 4 saturated heterocycles. The first-order chi connectivity index (χ1) is 36.8. The molecule has 31 unspecified atom stereocenters. The topological polar surface area (TPSA) is 415 Å². The summed E-state index contributed by atoms with van der Waals surface area (Å²) >= 11 is 0. The largest absolute Gasteiger partial charge is 0.479 e. The van der Waals surface area contributed by atoms with Crippen LogP contribution in [0.25, 0.3) is 0 Å². The average molecular weight is 1140 g/mol. The van der Waals surface area contributed by atoms with Crippen molar-refractivity contribution in [2.24, 2.45) is 50.2 Å². The van der Waals surface area contributed by atoms with Crippen molar-refractivity contribution in [1.29, 1.82) is 0 Å². The van der Waals surface area contributed by atoms with Crippen LogP contribution in [0.5, 0.6) is 0 Å². The first-order valence-electron chi connectivity index (χ1n) is 28.0. The average Bonchev–Trinajstić information content (AvgIpc) is 3.59. The smallest absolute Gasteiger partial charge is 0.335 e. The third kappa shape index (κ3) is 9.61. The SMILES string of the molecule is CC1OC(OC2C(OC3C(C(=O)O)OC(OC4CCC5(C)C(CCC6(C)C5CC=C5C7CC(C)(C)CC(O)C7(CO)C(O)C(O)C56C)C4(C)C)C(OC4OC(CO)C(O)C(O)C4O)C3O)OC(CO)C(O)C2O)C(O)C(O)C1O. The molecule has 25 heteroatoms. The Hall–Kier alpha value is -1.71. The summed E-state index contributed by atoms with van der Waals surface area (Å²) in [7, 11) is 0. The van der Waals surface area contributed by atoms with Crippen molar-refractivity contribution in [3.8, 4) is 0 Å². The first kappa shape index (κ1) is 61.8. The molecular formula is C54H88O25. The molecule has 5 aliphatic carbocycles. The van der Waals surface area contributed by atoms with Crippen molar-refractivity contribution in [3.63, 3.8) is 0 Å². The van der Waals surface area contributed by atoms with Gasteiger partial charge in [-0.1, -0.05) is 60.1 Å². The van der Waals surface area contributed by atoms with Gasteiger partial charge in [-0.2, -0.15) is 0 Å². The minimum atomic E-state index is -2.21. The fraction of sp³-hybridized carbons (Fsp3) is 0.944. The molecule has 4 saturated carbocycles. The van der Waals surface area contributed by atoms with E-state index in [1.807, 2.05) is 20.8 Å². The summed E-state index contributed by atoms with van der Waals surface area (Å²) in [5.74, 6) is -2.34. The van der Waals surface area contributed by atoms with Crippen molar-refractivity contribution in [2.75, 3.05) is 19.8 Å². The van der Waals surface area contributed by atoms with Crippen LogP contribution in [-0.2, 0) is 42.7 Å². The number of aliphatic hydroxyl groups excluding tert-OH is 15. The molecule has 0 radical (unpaired) electrons. The van der Waals surface area contributed by atoms with E-state index in [0.717, 1.165) is 5.57 Å². The molecule has 0 aromatic carbocycles. The summed E-state index contributed by atoms with van der Waals surface area (Å²) in [6.45, 7) is 13.6. The van der Waals surface area contributed by atoms with Crippen molar-refractivity contribution in [3.05, 3.63) is 11.6 Å². The van der Waals surface area contributed by atoms with Crippen molar-refractivity contribution >= 4 is 5.97 Å². The Kier molecular flexibility index (Phi) is 17.2. The number of fused-ring (bicyclic) bond motifs is 7. The zero-order valence-electron chi connectivity index (χ0n) is 46.1. The standard InChI is InChI=1S/C54H88O25/c1-20-29(59)32(62)35(65)45(72-20)77-39-34(64)31(61)24(18-56)74-47(39)76-38-37(67)40(78-46-36(66)33(63)30(60)23(17-55)73-46)48(79-41(38)44(70)71)75-28-12-13-51(6)25(50(28,4)5)11-14-52(7)26(51)10-9-21-22-15-49(2,3)16-27(58)54(22,19-57)43(69)42(68)53(21,52)8/h9,20,22-43,45-48,55-69H,10-19H2,1-8H3,(H,70,71). The van der Waals surface area contributed by atoms with Gasteiger partial charge in [0.05, 0.1) is 55.8 Å². The van der Waals surface area contributed by atoms with Crippen LogP contribution in [0, 0.1) is 50.2 Å². The van der Waals surface area contributed by atoms with Gasteiger partial charge >= 0.3 is 5.97 Å². The van der Waals surface area contributed by atoms with E-state index in [-0.39, 0.29) is 17.3 Å². The molecule has 0 aromatic rings. The number of hydrogen-bond acceptors (Lipinski definition) is 24. The zero-order valence-corrected chi connectivity index (χ0v) is 46.1. The molecular weight excluding hydrogens is 1050 g/mol. The summed E-state index contributed by atoms with van der Waals surface area (Å²) < 4.78 is 48.3. The van der Waals surface area contributed by atoms with E-state index in [1.54, 1.807) is 0 Å². The van der Waals surface area contributed by atoms with Crippen LogP contribution >= 0.6 is 0 Å². The maximum atomic E-state index is 13.4. The number of allylic oxidation sites excluding steroid dienone is 1. The van der Waals surface area contributed by atoms with Gasteiger partial charge < -0.3 is 120 Å². The van der Waals surface area contributed by atoms with Gasteiger partial charge in [-0.3, -0.25) is 0 Å². The first-order valence-corrected chi connectivity index (χ1v) is 28.0. The molecule has 9 rings (SSSR count). The predicted molar refractivity (Wildman–Crippen MR) is 266 cm³/mol. The number of carboxylic acid groups (broad SMARTS) is 1. The highest BCUT2D eigenvalue weighted by Crippen LogP contribution is 2.76. The molecule has 25 nitrogen and oxygen atoms in total. The summed E-state index contributed by atoms with van der Waals surface area (Å²) in [6.07, 6.45) is -36.4. The van der Waals surface area contributed by atoms with Crippen molar-refractivity contribution in [2.45, 2.75) is 248 Å². The Morgan fingerprint density at radius 1 is 0.582 bits per heavy atom. The second-order valence-corrected chi connectivity index (χ2v) is 26.6. The highest BCUT2D eigenvalue weighted by atomic mass is 16.8. The number of ether oxygens (including phenoxy) is 8. The summed E-state index contributed by atoms with van der Waals surface area (Å²) in [5, 5.41) is 178. The summed E-state index contributed by atoms with van der Waals surface area (Å²) in [6, 6.07) is 0. The van der Waals surface area contributed by atoms with Gasteiger partial charge in [-0.05, 0) is 91.3 Å². The fourth-order valence-electron chi connectivity index (χ4n) is 16.9. The van der Waals surface area contributed by atoms with Gasteiger partial charge in [-0.25, -0.2) is 4.79 Å². The van der Waals surface area contributed by atoms with Gasteiger partial charge in [-0.15, -0.1) is 0 Å². The molecule has 79 heavy (non-hydrogen) atoms. The Morgan fingerprint density at radius 2 is 1.13 bits per heavy atom. The van der Waals surface area contributed by atoms with Crippen LogP contribution in [0.1, 0.15) is 100 Å². The normalized spacial score (nSPS) is 55.3. The van der Waals surface area contributed by atoms with E-state index in [2.05, 4.69) is 33.8 Å². The van der Waals surface area contributed by atoms with Gasteiger partial charge in [0.25, 0.3) is 0 Å². The van der Waals surface area contributed by atoms with E-state index in [9.17, 15) is 86.5 Å². The fourth-order valence-corrected chi connectivity index (χ4v) is 16.9. The second kappa shape index (κ2) is 22.0. The number of aliphatic hydroxyl groups is 15. The molecule has 4 heterocycles. The quantitative estimate of drug-likeness (QED) is 0.0665. The Balaban J connectivity index is 1.02. The van der Waals surface area contributed by atoms with Crippen LogP contribution in [0.4, 0.5) is 0 Å². The number of rotatable bonds is 12. The maximum absolute atomic E-state index is 13.4. The Bertz CT molecular complexity index is 2200. The van der Waals surface area contributed by atoms with E-state index < -0.39 is 206 Å².